The molecule has 1 N–H and O–H groups in total. The molecule has 0 fully saturated rings. The van der Waals surface area contributed by atoms with Crippen LogP contribution in [0.15, 0.2) is 67.0 Å². The van der Waals surface area contributed by atoms with Gasteiger partial charge in [0.15, 0.2) is 24.1 Å². The minimum absolute atomic E-state index is 0.205. The van der Waals surface area contributed by atoms with Crippen LogP contribution in [-0.4, -0.2) is 18.6 Å². The maximum atomic E-state index is 13.0. The third kappa shape index (κ3) is 4.46. The van der Waals surface area contributed by atoms with Crippen molar-refractivity contribution >= 4 is 26.7 Å². The second kappa shape index (κ2) is 8.35. The first-order chi connectivity index (χ1) is 13.7. The molecule has 0 saturated carbocycles. The van der Waals surface area contributed by atoms with Gasteiger partial charge >= 0.3 is 0 Å². The lowest BCUT2D eigenvalue weighted by atomic mass is 10.2. The first-order valence-electron chi connectivity index (χ1n) is 9.10. The van der Waals surface area contributed by atoms with E-state index >= 15 is 0 Å². The van der Waals surface area contributed by atoms with Crippen LogP contribution < -0.4 is 14.6 Å². The molecule has 28 heavy (non-hydrogen) atoms. The van der Waals surface area contributed by atoms with E-state index in [1.165, 1.54) is 17.7 Å². The van der Waals surface area contributed by atoms with Crippen molar-refractivity contribution in [3.8, 4) is 5.75 Å². The molecule has 0 amide bonds. The molecule has 0 aliphatic rings. The van der Waals surface area contributed by atoms with Gasteiger partial charge in [0.1, 0.15) is 11.6 Å². The van der Waals surface area contributed by atoms with E-state index in [0.29, 0.717) is 0 Å². The van der Waals surface area contributed by atoms with Crippen LogP contribution >= 0.6 is 11.3 Å². The average molecular weight is 394 g/mol. The van der Waals surface area contributed by atoms with Crippen molar-refractivity contribution in [2.45, 2.75) is 13.0 Å². The van der Waals surface area contributed by atoms with Crippen LogP contribution in [0.1, 0.15) is 11.1 Å². The van der Waals surface area contributed by atoms with Crippen LogP contribution in [0.3, 0.4) is 0 Å². The van der Waals surface area contributed by atoms with E-state index in [-0.39, 0.29) is 5.82 Å². The molecule has 0 atom stereocenters. The normalized spacial score (nSPS) is 10.9. The number of thiazole rings is 1. The lowest BCUT2D eigenvalue weighted by Crippen LogP contribution is -2.33. The summed E-state index contributed by atoms with van der Waals surface area (Å²) in [5, 5.41) is 4.33. The number of nitrogens with one attached hydrogen (secondary N) is 1. The van der Waals surface area contributed by atoms with E-state index in [0.717, 1.165) is 46.2 Å². The molecular weight excluding hydrogens is 373 g/mol. The number of benzene rings is 2. The fraction of sp³-hybridized carbons (Fsp3) is 0.182. The van der Waals surface area contributed by atoms with Crippen molar-refractivity contribution in [2.24, 2.45) is 0 Å². The molecule has 4 nitrogen and oxygen atoms in total. The maximum absolute atomic E-state index is 13.0. The zero-order valence-corrected chi connectivity index (χ0v) is 16.4. The molecular formula is C22H21FN3OS+. The van der Waals surface area contributed by atoms with Crippen molar-refractivity contribution in [2.75, 3.05) is 19.0 Å². The second-order valence-electron chi connectivity index (χ2n) is 6.53. The van der Waals surface area contributed by atoms with E-state index < -0.39 is 0 Å². The number of halogens is 1. The van der Waals surface area contributed by atoms with E-state index in [2.05, 4.69) is 39.4 Å². The second-order valence-corrected chi connectivity index (χ2v) is 7.57. The molecule has 2 aromatic carbocycles. The Morgan fingerprint density at radius 1 is 1.04 bits per heavy atom. The van der Waals surface area contributed by atoms with Crippen LogP contribution in [0.2, 0.25) is 0 Å². The standard InChI is InChI=1S/C22H21FN3OS/c1-27-19-6-7-20-21(14-19)28-22(25-20)24-11-8-16-9-12-26(13-10-16)15-17-2-4-18(23)5-3-17/h2-7,9-10,12-14H,8,11,15H2,1H3,(H,24,25)/q+1. The third-order valence-corrected chi connectivity index (χ3v) is 5.50. The fourth-order valence-electron chi connectivity index (χ4n) is 2.98. The van der Waals surface area contributed by atoms with Crippen molar-refractivity contribution in [1.29, 1.82) is 0 Å². The van der Waals surface area contributed by atoms with Crippen LogP contribution in [-0.2, 0) is 13.0 Å². The van der Waals surface area contributed by atoms with Gasteiger partial charge in [-0.25, -0.2) is 13.9 Å². The first kappa shape index (κ1) is 18.4. The van der Waals surface area contributed by atoms with E-state index in [4.69, 9.17) is 4.74 Å². The van der Waals surface area contributed by atoms with Gasteiger partial charge < -0.3 is 10.1 Å². The highest BCUT2D eigenvalue weighted by Crippen LogP contribution is 2.29. The highest BCUT2D eigenvalue weighted by Gasteiger charge is 2.06. The number of fused-ring (bicyclic) bond motifs is 1. The minimum Gasteiger partial charge on any atom is -0.497 e. The Bertz CT molecular complexity index is 1060. The number of nitrogens with zero attached hydrogens (tertiary/aromatic N) is 2. The number of aromatic nitrogens is 2. The predicted molar refractivity (Wildman–Crippen MR) is 111 cm³/mol. The summed E-state index contributed by atoms with van der Waals surface area (Å²) in [5.41, 5.74) is 3.31. The highest BCUT2D eigenvalue weighted by molar-refractivity contribution is 7.22. The smallest absolute Gasteiger partial charge is 0.183 e. The maximum Gasteiger partial charge on any atom is 0.183 e. The minimum atomic E-state index is -0.205. The van der Waals surface area contributed by atoms with Crippen LogP contribution in [0.25, 0.3) is 10.2 Å². The summed E-state index contributed by atoms with van der Waals surface area (Å²) in [6.07, 6.45) is 5.03. The van der Waals surface area contributed by atoms with Gasteiger partial charge in [0, 0.05) is 24.2 Å². The zero-order chi connectivity index (χ0) is 19.3. The van der Waals surface area contributed by atoms with Crippen molar-refractivity contribution in [3.63, 3.8) is 0 Å². The number of rotatable bonds is 7. The lowest BCUT2D eigenvalue weighted by Gasteiger charge is -2.03. The molecule has 6 heteroatoms. The Labute approximate surface area is 167 Å². The fourth-order valence-corrected chi connectivity index (χ4v) is 3.90. The predicted octanol–water partition coefficient (Wildman–Crippen LogP) is 4.43. The number of hydrogen-bond donors (Lipinski definition) is 1. The van der Waals surface area contributed by atoms with Crippen LogP contribution in [0, 0.1) is 5.82 Å². The van der Waals surface area contributed by atoms with Crippen molar-refractivity contribution < 1.29 is 13.7 Å². The molecule has 0 aliphatic heterocycles. The summed E-state index contributed by atoms with van der Waals surface area (Å²) < 4.78 is 21.5. The number of methoxy groups -OCH3 is 1. The summed E-state index contributed by atoms with van der Waals surface area (Å²) >= 11 is 1.63. The van der Waals surface area contributed by atoms with E-state index in [9.17, 15) is 4.39 Å². The highest BCUT2D eigenvalue weighted by atomic mass is 32.1. The quantitative estimate of drug-likeness (QED) is 0.471. The topological polar surface area (TPSA) is 38.0 Å². The van der Waals surface area contributed by atoms with E-state index in [1.807, 2.05) is 30.3 Å². The molecule has 2 aromatic heterocycles. The SMILES string of the molecule is COc1ccc2nc(NCCc3cc[n+](Cc4ccc(F)cc4)cc3)sc2c1. The average Bonchev–Trinajstić information content (AvgIpc) is 3.13. The Balaban J connectivity index is 1.32. The summed E-state index contributed by atoms with van der Waals surface area (Å²) in [6, 6.07) is 16.8. The molecule has 0 radical (unpaired) electrons. The third-order valence-electron chi connectivity index (χ3n) is 4.52. The summed E-state index contributed by atoms with van der Waals surface area (Å²) in [6.45, 7) is 1.55. The molecule has 0 spiro atoms. The molecule has 4 rings (SSSR count). The van der Waals surface area contributed by atoms with Gasteiger partial charge in [0.25, 0.3) is 0 Å². The molecule has 0 unspecified atom stereocenters. The lowest BCUT2D eigenvalue weighted by molar-refractivity contribution is -0.688. The molecule has 2 heterocycles. The van der Waals surface area contributed by atoms with Gasteiger partial charge in [0.05, 0.1) is 17.3 Å². The number of pyridine rings is 1. The van der Waals surface area contributed by atoms with Gasteiger partial charge in [0.2, 0.25) is 0 Å². The number of anilines is 1. The Hall–Kier alpha value is -2.99. The Morgan fingerprint density at radius 3 is 2.57 bits per heavy atom. The first-order valence-corrected chi connectivity index (χ1v) is 9.92. The Kier molecular flexibility index (Phi) is 5.48. The van der Waals surface area contributed by atoms with Gasteiger partial charge in [-0.3, -0.25) is 0 Å². The van der Waals surface area contributed by atoms with E-state index in [1.54, 1.807) is 18.4 Å². The van der Waals surface area contributed by atoms with Gasteiger partial charge in [-0.05, 0) is 54.4 Å². The number of hydrogen-bond acceptors (Lipinski definition) is 4. The molecule has 4 aromatic rings. The summed E-state index contributed by atoms with van der Waals surface area (Å²) in [4.78, 5) is 4.61. The van der Waals surface area contributed by atoms with Gasteiger partial charge in [-0.2, -0.15) is 0 Å². The molecule has 0 saturated heterocycles. The molecule has 142 valence electrons. The van der Waals surface area contributed by atoms with Crippen molar-refractivity contribution in [3.05, 3.63) is 83.9 Å². The molecule has 0 bridgehead atoms. The van der Waals surface area contributed by atoms with Gasteiger partial charge in [-0.1, -0.05) is 11.3 Å². The number of ether oxygens (including phenoxy) is 1. The van der Waals surface area contributed by atoms with Crippen LogP contribution in [0.4, 0.5) is 9.52 Å². The molecule has 0 aliphatic carbocycles. The van der Waals surface area contributed by atoms with Crippen molar-refractivity contribution in [1.82, 2.24) is 4.98 Å². The Morgan fingerprint density at radius 2 is 1.82 bits per heavy atom. The van der Waals surface area contributed by atoms with Crippen LogP contribution in [0.5, 0.6) is 5.75 Å². The zero-order valence-electron chi connectivity index (χ0n) is 15.6. The monoisotopic (exact) mass is 394 g/mol. The summed E-state index contributed by atoms with van der Waals surface area (Å²) in [5.74, 6) is 0.643. The summed E-state index contributed by atoms with van der Waals surface area (Å²) in [7, 11) is 1.67. The largest absolute Gasteiger partial charge is 0.497 e. The van der Waals surface area contributed by atoms with Gasteiger partial charge in [-0.15, -0.1) is 0 Å².